The number of aryl methyl sites for hydroxylation is 1. The Hall–Kier alpha value is -2.27. The topological polar surface area (TPSA) is 70.9 Å². The van der Waals surface area contributed by atoms with Gasteiger partial charge in [0.15, 0.2) is 0 Å². The van der Waals surface area contributed by atoms with E-state index in [9.17, 15) is 4.79 Å². The van der Waals surface area contributed by atoms with Crippen LogP contribution in [0.3, 0.4) is 0 Å². The fourth-order valence-corrected chi connectivity index (χ4v) is 3.01. The number of anilines is 1. The minimum absolute atomic E-state index is 0.0883. The summed E-state index contributed by atoms with van der Waals surface area (Å²) in [4.78, 5) is 16.5. The van der Waals surface area contributed by atoms with Crippen LogP contribution in [0.4, 0.5) is 5.69 Å². The lowest BCUT2D eigenvalue weighted by Gasteiger charge is -2.04. The second kappa shape index (κ2) is 5.02. The molecule has 0 aliphatic heterocycles. The molecule has 102 valence electrons. The van der Waals surface area contributed by atoms with E-state index in [2.05, 4.69) is 16.4 Å². The van der Waals surface area contributed by atoms with Crippen LogP contribution in [0, 0.1) is 6.92 Å². The number of nitrogens with one attached hydrogen (secondary N) is 2. The number of H-pyrrole nitrogens is 1. The number of hydrogen-bond donors (Lipinski definition) is 3. The highest BCUT2D eigenvalue weighted by molar-refractivity contribution is 7.10. The third kappa shape index (κ3) is 2.28. The van der Waals surface area contributed by atoms with Gasteiger partial charge in [0.2, 0.25) is 0 Å². The van der Waals surface area contributed by atoms with Crippen LogP contribution in [0.15, 0.2) is 35.8 Å². The molecular weight excluding hydrogens is 270 g/mol. The van der Waals surface area contributed by atoms with Crippen molar-refractivity contribution in [3.8, 4) is 0 Å². The summed E-state index contributed by atoms with van der Waals surface area (Å²) in [6.45, 7) is 2.60. The molecule has 0 saturated heterocycles. The number of carbonyl (C=O) groups excluding carboxylic acids is 1. The van der Waals surface area contributed by atoms with Gasteiger partial charge in [0.1, 0.15) is 0 Å². The first-order chi connectivity index (χ1) is 9.65. The Labute approximate surface area is 120 Å². The number of amides is 1. The average molecular weight is 285 g/mol. The summed E-state index contributed by atoms with van der Waals surface area (Å²) in [7, 11) is 0. The molecule has 0 saturated carbocycles. The lowest BCUT2D eigenvalue weighted by Crippen LogP contribution is -2.22. The number of aromatic amines is 1. The highest BCUT2D eigenvalue weighted by atomic mass is 32.1. The predicted octanol–water partition coefficient (Wildman–Crippen LogP) is 3.05. The number of nitrogen functional groups attached to an aromatic ring is 1. The second-order valence-electron chi connectivity index (χ2n) is 4.72. The summed E-state index contributed by atoms with van der Waals surface area (Å²) >= 11 is 1.65. The molecule has 0 atom stereocenters. The Balaban J connectivity index is 1.82. The third-order valence-corrected chi connectivity index (χ3v) is 4.35. The number of thiophene rings is 1. The number of fused-ring (bicyclic) bond motifs is 1. The first-order valence-corrected chi connectivity index (χ1v) is 7.21. The fourth-order valence-electron chi connectivity index (χ4n) is 2.17. The maximum absolute atomic E-state index is 12.3. The molecule has 0 bridgehead atoms. The van der Waals surface area contributed by atoms with E-state index in [0.717, 1.165) is 10.9 Å². The molecule has 2 heterocycles. The average Bonchev–Trinajstić information content (AvgIpc) is 3.02. The number of benzene rings is 1. The summed E-state index contributed by atoms with van der Waals surface area (Å²) < 4.78 is 0. The Morgan fingerprint density at radius 3 is 3.00 bits per heavy atom. The van der Waals surface area contributed by atoms with Crippen LogP contribution in [0.25, 0.3) is 10.9 Å². The van der Waals surface area contributed by atoms with Gasteiger partial charge in [-0.1, -0.05) is 0 Å². The lowest BCUT2D eigenvalue weighted by molar-refractivity contribution is 0.0953. The number of rotatable bonds is 3. The minimum Gasteiger partial charge on any atom is -0.399 e. The maximum Gasteiger partial charge on any atom is 0.253 e. The monoisotopic (exact) mass is 285 g/mol. The molecular formula is C15H15N3OS. The van der Waals surface area contributed by atoms with Crippen molar-refractivity contribution in [1.82, 2.24) is 10.3 Å². The van der Waals surface area contributed by atoms with E-state index in [-0.39, 0.29) is 5.91 Å². The summed E-state index contributed by atoms with van der Waals surface area (Å²) in [6.07, 6.45) is 1.72. The molecule has 0 unspecified atom stereocenters. The largest absolute Gasteiger partial charge is 0.399 e. The fraction of sp³-hybridized carbons (Fsp3) is 0.133. The normalized spacial score (nSPS) is 10.8. The molecule has 0 aliphatic carbocycles. The molecule has 2 aromatic heterocycles. The quantitative estimate of drug-likeness (QED) is 0.647. The molecule has 4 N–H and O–H groups in total. The van der Waals surface area contributed by atoms with E-state index >= 15 is 0 Å². The molecule has 1 aromatic carbocycles. The highest BCUT2D eigenvalue weighted by Crippen LogP contribution is 2.21. The minimum atomic E-state index is -0.0883. The zero-order valence-corrected chi connectivity index (χ0v) is 11.9. The van der Waals surface area contributed by atoms with Gasteiger partial charge in [-0.2, -0.15) is 0 Å². The maximum atomic E-state index is 12.3. The van der Waals surface area contributed by atoms with Crippen LogP contribution < -0.4 is 11.1 Å². The van der Waals surface area contributed by atoms with Crippen LogP contribution in [-0.4, -0.2) is 10.9 Å². The predicted molar refractivity (Wildman–Crippen MR) is 82.9 cm³/mol. The molecule has 0 spiro atoms. The van der Waals surface area contributed by atoms with E-state index in [0.29, 0.717) is 17.8 Å². The van der Waals surface area contributed by atoms with Gasteiger partial charge >= 0.3 is 0 Å². The summed E-state index contributed by atoms with van der Waals surface area (Å²) in [5.74, 6) is -0.0883. The van der Waals surface area contributed by atoms with Crippen LogP contribution in [-0.2, 0) is 6.54 Å². The van der Waals surface area contributed by atoms with Crippen LogP contribution in [0.5, 0.6) is 0 Å². The van der Waals surface area contributed by atoms with E-state index in [1.54, 1.807) is 17.5 Å². The van der Waals surface area contributed by atoms with Gasteiger partial charge in [-0.25, -0.2) is 0 Å². The summed E-state index contributed by atoms with van der Waals surface area (Å²) in [6, 6.07) is 7.57. The van der Waals surface area contributed by atoms with Crippen molar-refractivity contribution in [2.24, 2.45) is 0 Å². The molecule has 0 fully saturated rings. The van der Waals surface area contributed by atoms with Gasteiger partial charge in [0.25, 0.3) is 5.91 Å². The van der Waals surface area contributed by atoms with Gasteiger partial charge in [0, 0.05) is 27.7 Å². The van der Waals surface area contributed by atoms with Crippen LogP contribution in [0.2, 0.25) is 0 Å². The molecule has 0 radical (unpaired) electrons. The van der Waals surface area contributed by atoms with Crippen molar-refractivity contribution in [2.45, 2.75) is 13.5 Å². The van der Waals surface area contributed by atoms with Gasteiger partial charge in [-0.3, -0.25) is 4.79 Å². The Morgan fingerprint density at radius 1 is 1.40 bits per heavy atom. The molecule has 3 aromatic rings. The van der Waals surface area contributed by atoms with Gasteiger partial charge in [-0.05, 0) is 42.1 Å². The van der Waals surface area contributed by atoms with Crippen molar-refractivity contribution in [2.75, 3.05) is 5.73 Å². The van der Waals surface area contributed by atoms with Crippen molar-refractivity contribution in [3.05, 3.63) is 51.8 Å². The number of hydrogen-bond acceptors (Lipinski definition) is 3. The van der Waals surface area contributed by atoms with Gasteiger partial charge < -0.3 is 16.0 Å². The van der Waals surface area contributed by atoms with Crippen molar-refractivity contribution in [3.63, 3.8) is 0 Å². The molecule has 4 nitrogen and oxygen atoms in total. The van der Waals surface area contributed by atoms with Gasteiger partial charge in [-0.15, -0.1) is 11.3 Å². The SMILES string of the molecule is Cc1ccsc1CNC(=O)c1c[nH]c2ccc(N)cc12. The second-order valence-corrected chi connectivity index (χ2v) is 5.72. The third-order valence-electron chi connectivity index (χ3n) is 3.33. The molecule has 3 rings (SSSR count). The zero-order valence-electron chi connectivity index (χ0n) is 11.1. The standard InChI is InChI=1S/C15H15N3OS/c1-9-4-5-20-14(9)8-18-15(19)12-7-17-13-3-2-10(16)6-11(12)13/h2-7,17H,8,16H2,1H3,(H,18,19). The van der Waals surface area contributed by atoms with Crippen molar-refractivity contribution < 1.29 is 4.79 Å². The zero-order chi connectivity index (χ0) is 14.1. The number of nitrogens with two attached hydrogens (primary N) is 1. The number of carbonyl (C=O) groups is 1. The van der Waals surface area contributed by atoms with Crippen LogP contribution in [0.1, 0.15) is 20.8 Å². The van der Waals surface area contributed by atoms with Gasteiger partial charge in [0.05, 0.1) is 12.1 Å². The molecule has 20 heavy (non-hydrogen) atoms. The molecule has 0 aliphatic rings. The first-order valence-electron chi connectivity index (χ1n) is 6.33. The van der Waals surface area contributed by atoms with Crippen molar-refractivity contribution in [1.29, 1.82) is 0 Å². The smallest absolute Gasteiger partial charge is 0.253 e. The van der Waals surface area contributed by atoms with E-state index in [1.807, 2.05) is 30.5 Å². The number of aromatic nitrogens is 1. The Bertz CT molecular complexity index is 772. The lowest BCUT2D eigenvalue weighted by atomic mass is 10.1. The highest BCUT2D eigenvalue weighted by Gasteiger charge is 2.12. The van der Waals surface area contributed by atoms with E-state index in [4.69, 9.17) is 5.73 Å². The summed E-state index contributed by atoms with van der Waals surface area (Å²) in [5.41, 5.74) is 9.18. The Kier molecular flexibility index (Phi) is 3.20. The van der Waals surface area contributed by atoms with Crippen molar-refractivity contribution >= 4 is 33.8 Å². The van der Waals surface area contributed by atoms with Crippen LogP contribution >= 0.6 is 11.3 Å². The van der Waals surface area contributed by atoms with E-state index in [1.165, 1.54) is 10.4 Å². The molecule has 1 amide bonds. The Morgan fingerprint density at radius 2 is 2.25 bits per heavy atom. The van der Waals surface area contributed by atoms with E-state index < -0.39 is 0 Å². The molecule has 5 heteroatoms. The first kappa shape index (κ1) is 12.7. The summed E-state index contributed by atoms with van der Waals surface area (Å²) in [5, 5.41) is 5.83.